The Labute approximate surface area is 112 Å². The lowest BCUT2D eigenvalue weighted by Crippen LogP contribution is -2.11. The van der Waals surface area contributed by atoms with Gasteiger partial charge in [0.1, 0.15) is 0 Å². The van der Waals surface area contributed by atoms with Crippen LogP contribution in [0, 0.1) is 6.92 Å². The van der Waals surface area contributed by atoms with E-state index in [1.54, 1.807) is 12.1 Å². The van der Waals surface area contributed by atoms with Crippen LogP contribution in [0.3, 0.4) is 0 Å². The van der Waals surface area contributed by atoms with Gasteiger partial charge >= 0.3 is 0 Å². The summed E-state index contributed by atoms with van der Waals surface area (Å²) < 4.78 is 0. The number of hydrogen-bond acceptors (Lipinski definition) is 1. The smallest absolute Gasteiger partial charge is 0.255 e. The molecule has 0 heterocycles. The fraction of sp³-hybridized carbons (Fsp3) is 0.133. The summed E-state index contributed by atoms with van der Waals surface area (Å²) in [6, 6.07) is 15.0. The number of alkyl halides is 1. The van der Waals surface area contributed by atoms with Crippen LogP contribution in [-0.4, -0.2) is 5.91 Å². The molecule has 0 fully saturated rings. The first-order valence-electron chi connectivity index (χ1n) is 5.72. The monoisotopic (exact) mass is 259 g/mol. The molecular formula is C15H14ClNO. The highest BCUT2D eigenvalue weighted by atomic mass is 35.5. The molecule has 0 saturated carbocycles. The fourth-order valence-corrected chi connectivity index (χ4v) is 1.80. The van der Waals surface area contributed by atoms with Crippen LogP contribution < -0.4 is 5.32 Å². The van der Waals surface area contributed by atoms with Gasteiger partial charge in [-0.1, -0.05) is 29.8 Å². The molecule has 0 spiro atoms. The van der Waals surface area contributed by atoms with E-state index >= 15 is 0 Å². The molecule has 0 aliphatic carbocycles. The maximum atomic E-state index is 12.0. The predicted molar refractivity (Wildman–Crippen MR) is 75.1 cm³/mol. The summed E-state index contributed by atoms with van der Waals surface area (Å²) in [5.41, 5.74) is 3.51. The van der Waals surface area contributed by atoms with Gasteiger partial charge in [-0.25, -0.2) is 0 Å². The van der Waals surface area contributed by atoms with Crippen LogP contribution in [0.5, 0.6) is 0 Å². The minimum atomic E-state index is -0.120. The Hall–Kier alpha value is -1.80. The first-order chi connectivity index (χ1) is 8.69. The predicted octanol–water partition coefficient (Wildman–Crippen LogP) is 3.99. The van der Waals surface area contributed by atoms with E-state index in [0.29, 0.717) is 11.4 Å². The molecule has 0 atom stereocenters. The average Bonchev–Trinajstić information content (AvgIpc) is 2.41. The summed E-state index contributed by atoms with van der Waals surface area (Å²) in [5.74, 6) is 0.289. The van der Waals surface area contributed by atoms with Gasteiger partial charge in [0.2, 0.25) is 0 Å². The summed E-state index contributed by atoms with van der Waals surface area (Å²) in [6.45, 7) is 2.01. The normalized spacial score (nSPS) is 10.1. The van der Waals surface area contributed by atoms with Crippen LogP contribution in [0.15, 0.2) is 48.5 Å². The maximum absolute atomic E-state index is 12.0. The largest absolute Gasteiger partial charge is 0.322 e. The second kappa shape index (κ2) is 5.69. The number of anilines is 1. The molecule has 3 heteroatoms. The molecule has 2 nitrogen and oxygen atoms in total. The molecule has 0 aliphatic heterocycles. The zero-order valence-electron chi connectivity index (χ0n) is 10.1. The van der Waals surface area contributed by atoms with Crippen molar-refractivity contribution in [2.24, 2.45) is 0 Å². The molecule has 18 heavy (non-hydrogen) atoms. The van der Waals surface area contributed by atoms with Crippen LogP contribution in [-0.2, 0) is 5.88 Å². The number of carbonyl (C=O) groups is 1. The summed E-state index contributed by atoms with van der Waals surface area (Å²) >= 11 is 5.75. The second-order valence-corrected chi connectivity index (χ2v) is 4.42. The molecule has 1 N–H and O–H groups in total. The van der Waals surface area contributed by atoms with Gasteiger partial charge in [0.25, 0.3) is 5.91 Å². The minimum Gasteiger partial charge on any atom is -0.322 e. The van der Waals surface area contributed by atoms with E-state index in [-0.39, 0.29) is 5.91 Å². The number of aryl methyl sites for hydroxylation is 1. The number of amides is 1. The van der Waals surface area contributed by atoms with Gasteiger partial charge < -0.3 is 5.32 Å². The van der Waals surface area contributed by atoms with E-state index < -0.39 is 0 Å². The molecule has 0 aromatic heterocycles. The average molecular weight is 260 g/mol. The molecule has 2 aromatic rings. The van der Waals surface area contributed by atoms with Crippen molar-refractivity contribution >= 4 is 23.2 Å². The Morgan fingerprint density at radius 3 is 2.56 bits per heavy atom. The van der Waals surface area contributed by atoms with Gasteiger partial charge in [-0.15, -0.1) is 11.6 Å². The number of carbonyl (C=O) groups excluding carboxylic acids is 1. The lowest BCUT2D eigenvalue weighted by atomic mass is 10.1. The molecule has 0 unspecified atom stereocenters. The van der Waals surface area contributed by atoms with Crippen molar-refractivity contribution in [3.63, 3.8) is 0 Å². The number of benzene rings is 2. The van der Waals surface area contributed by atoms with Gasteiger partial charge in [0.05, 0.1) is 0 Å². The van der Waals surface area contributed by atoms with Crippen molar-refractivity contribution in [3.05, 3.63) is 65.2 Å². The molecule has 0 bridgehead atoms. The van der Waals surface area contributed by atoms with Crippen molar-refractivity contribution in [1.29, 1.82) is 0 Å². The van der Waals surface area contributed by atoms with Crippen molar-refractivity contribution in [2.45, 2.75) is 12.8 Å². The quantitative estimate of drug-likeness (QED) is 0.830. The molecule has 2 rings (SSSR count). The van der Waals surface area contributed by atoms with Gasteiger partial charge in [0.15, 0.2) is 0 Å². The Kier molecular flexibility index (Phi) is 4.00. The first kappa shape index (κ1) is 12.7. The van der Waals surface area contributed by atoms with Crippen LogP contribution in [0.4, 0.5) is 5.69 Å². The summed E-state index contributed by atoms with van der Waals surface area (Å²) in [6.07, 6.45) is 0. The lowest BCUT2D eigenvalue weighted by Gasteiger charge is -2.06. The number of halogens is 1. The summed E-state index contributed by atoms with van der Waals surface area (Å²) in [7, 11) is 0. The second-order valence-electron chi connectivity index (χ2n) is 4.15. The maximum Gasteiger partial charge on any atom is 0.255 e. The zero-order valence-corrected chi connectivity index (χ0v) is 10.9. The van der Waals surface area contributed by atoms with Crippen molar-refractivity contribution in [2.75, 3.05) is 5.32 Å². The highest BCUT2D eigenvalue weighted by Gasteiger charge is 2.06. The van der Waals surface area contributed by atoms with Gasteiger partial charge in [-0.3, -0.25) is 4.79 Å². The van der Waals surface area contributed by atoms with E-state index in [1.165, 1.54) is 0 Å². The lowest BCUT2D eigenvalue weighted by molar-refractivity contribution is 0.102. The molecule has 2 aromatic carbocycles. The van der Waals surface area contributed by atoms with Crippen LogP contribution in [0.2, 0.25) is 0 Å². The number of hydrogen-bond donors (Lipinski definition) is 1. The highest BCUT2D eigenvalue weighted by Crippen LogP contribution is 2.12. The van der Waals surface area contributed by atoms with Gasteiger partial charge in [-0.05, 0) is 36.8 Å². The third-order valence-electron chi connectivity index (χ3n) is 2.65. The highest BCUT2D eigenvalue weighted by molar-refractivity contribution is 6.17. The van der Waals surface area contributed by atoms with E-state index in [4.69, 9.17) is 11.6 Å². The van der Waals surface area contributed by atoms with Crippen molar-refractivity contribution < 1.29 is 4.79 Å². The molecular weight excluding hydrogens is 246 g/mol. The third kappa shape index (κ3) is 3.11. The molecule has 0 radical (unpaired) electrons. The fourth-order valence-electron chi connectivity index (χ4n) is 1.64. The molecule has 1 amide bonds. The van der Waals surface area contributed by atoms with Crippen LogP contribution >= 0.6 is 11.6 Å². The summed E-state index contributed by atoms with van der Waals surface area (Å²) in [4.78, 5) is 12.0. The third-order valence-corrected chi connectivity index (χ3v) is 2.96. The van der Waals surface area contributed by atoms with Crippen molar-refractivity contribution in [3.8, 4) is 0 Å². The van der Waals surface area contributed by atoms with Crippen LogP contribution in [0.25, 0.3) is 0 Å². The number of nitrogens with one attached hydrogen (secondary N) is 1. The number of rotatable bonds is 3. The standard InChI is InChI=1S/C15H14ClNO/c1-11-5-7-14(8-6-11)17-15(18)13-4-2-3-12(9-13)10-16/h2-9H,10H2,1H3,(H,17,18). The zero-order chi connectivity index (χ0) is 13.0. The van der Waals surface area contributed by atoms with Crippen LogP contribution in [0.1, 0.15) is 21.5 Å². The van der Waals surface area contributed by atoms with Gasteiger partial charge in [-0.2, -0.15) is 0 Å². The first-order valence-corrected chi connectivity index (χ1v) is 6.25. The molecule has 0 aliphatic rings. The topological polar surface area (TPSA) is 29.1 Å². The minimum absolute atomic E-state index is 0.120. The SMILES string of the molecule is Cc1ccc(NC(=O)c2cccc(CCl)c2)cc1. The van der Waals surface area contributed by atoms with E-state index in [9.17, 15) is 4.79 Å². The summed E-state index contributed by atoms with van der Waals surface area (Å²) in [5, 5.41) is 2.85. The van der Waals surface area contributed by atoms with E-state index in [1.807, 2.05) is 43.3 Å². The molecule has 0 saturated heterocycles. The Bertz CT molecular complexity index is 549. The van der Waals surface area contributed by atoms with Gasteiger partial charge in [0, 0.05) is 17.1 Å². The Morgan fingerprint density at radius 1 is 1.17 bits per heavy atom. The molecule has 92 valence electrons. The van der Waals surface area contributed by atoms with E-state index in [0.717, 1.165) is 16.8 Å². The Balaban J connectivity index is 2.14. The Morgan fingerprint density at radius 2 is 1.89 bits per heavy atom. The van der Waals surface area contributed by atoms with E-state index in [2.05, 4.69) is 5.32 Å². The van der Waals surface area contributed by atoms with Crippen molar-refractivity contribution in [1.82, 2.24) is 0 Å².